The Bertz CT molecular complexity index is 980. The first-order chi connectivity index (χ1) is 13.3. The van der Waals surface area contributed by atoms with E-state index >= 15 is 0 Å². The predicted octanol–water partition coefficient (Wildman–Crippen LogP) is 3.09. The summed E-state index contributed by atoms with van der Waals surface area (Å²) in [6.07, 6.45) is 0.0715. The molecular weight excluding hydrogens is 446 g/mol. The van der Waals surface area contributed by atoms with E-state index in [1.807, 2.05) is 0 Å². The summed E-state index contributed by atoms with van der Waals surface area (Å²) in [4.78, 5) is 12.2. The van der Waals surface area contributed by atoms with Crippen molar-refractivity contribution in [3.8, 4) is 11.5 Å². The van der Waals surface area contributed by atoms with Crippen molar-refractivity contribution < 1.29 is 27.5 Å². The highest BCUT2D eigenvalue weighted by molar-refractivity contribution is 7.93. The van der Waals surface area contributed by atoms with Crippen molar-refractivity contribution in [2.75, 3.05) is 13.1 Å². The van der Waals surface area contributed by atoms with Gasteiger partial charge in [0, 0.05) is 6.07 Å². The average molecular weight is 465 g/mol. The number of nitrogens with one attached hydrogen (secondary N) is 2. The van der Waals surface area contributed by atoms with E-state index in [2.05, 4.69) is 5.32 Å². The van der Waals surface area contributed by atoms with Crippen LogP contribution >= 0.6 is 24.0 Å². The number of hydroxylamine groups is 1. The Balaban J connectivity index is 0.00000300. The topological polar surface area (TPSA) is 105 Å². The third kappa shape index (κ3) is 4.49. The van der Waals surface area contributed by atoms with Gasteiger partial charge in [0.2, 0.25) is 0 Å². The van der Waals surface area contributed by atoms with Gasteiger partial charge in [0.25, 0.3) is 5.91 Å². The van der Waals surface area contributed by atoms with E-state index in [1.54, 1.807) is 0 Å². The van der Waals surface area contributed by atoms with Crippen molar-refractivity contribution >= 4 is 39.8 Å². The molecule has 1 aliphatic rings. The van der Waals surface area contributed by atoms with Crippen LogP contribution in [-0.2, 0) is 14.6 Å². The molecule has 0 spiro atoms. The summed E-state index contributed by atoms with van der Waals surface area (Å²) in [5, 5.41) is 12.0. The predicted molar refractivity (Wildman–Crippen MR) is 107 cm³/mol. The van der Waals surface area contributed by atoms with Crippen LogP contribution in [0.25, 0.3) is 0 Å². The van der Waals surface area contributed by atoms with Crippen molar-refractivity contribution in [1.82, 2.24) is 10.8 Å². The molecule has 0 radical (unpaired) electrons. The summed E-state index contributed by atoms with van der Waals surface area (Å²) < 4.78 is 43.3. The molecule has 0 bridgehead atoms. The molecule has 0 aliphatic carbocycles. The Labute approximate surface area is 178 Å². The number of piperidine rings is 1. The molecule has 3 rings (SSSR count). The van der Waals surface area contributed by atoms with Crippen LogP contribution in [0.5, 0.6) is 11.5 Å². The summed E-state index contributed by atoms with van der Waals surface area (Å²) in [5.41, 5.74) is 1.49. The number of hydrogen-bond donors (Lipinski definition) is 3. The van der Waals surface area contributed by atoms with Crippen molar-refractivity contribution in [1.29, 1.82) is 0 Å². The largest absolute Gasteiger partial charge is 0.457 e. The zero-order chi connectivity index (χ0) is 20.4. The first-order valence-electron chi connectivity index (χ1n) is 8.43. The van der Waals surface area contributed by atoms with Crippen LogP contribution in [0.3, 0.4) is 0 Å². The number of amides is 1. The van der Waals surface area contributed by atoms with Gasteiger partial charge in [0.15, 0.2) is 14.6 Å². The van der Waals surface area contributed by atoms with Crippen molar-refractivity contribution in [3.05, 3.63) is 53.3 Å². The van der Waals surface area contributed by atoms with E-state index in [4.69, 9.17) is 21.5 Å². The molecule has 0 unspecified atom stereocenters. The second-order valence-corrected chi connectivity index (χ2v) is 9.00. The minimum atomic E-state index is -4.08. The molecular formula is C18H19Cl2FN2O5S. The summed E-state index contributed by atoms with van der Waals surface area (Å²) in [6, 6.07) is 9.35. The minimum absolute atomic E-state index is 0. The Morgan fingerprint density at radius 2 is 1.72 bits per heavy atom. The van der Waals surface area contributed by atoms with Gasteiger partial charge >= 0.3 is 0 Å². The normalized spacial score (nSPS) is 15.8. The summed E-state index contributed by atoms with van der Waals surface area (Å²) >= 11 is 5.71. The molecule has 1 saturated heterocycles. The maximum atomic E-state index is 13.2. The van der Waals surface area contributed by atoms with Crippen LogP contribution < -0.4 is 15.5 Å². The minimum Gasteiger partial charge on any atom is -0.457 e. The maximum Gasteiger partial charge on any atom is 0.265 e. The highest BCUT2D eigenvalue weighted by atomic mass is 35.5. The van der Waals surface area contributed by atoms with Gasteiger partial charge in [-0.2, -0.15) is 0 Å². The maximum absolute atomic E-state index is 13.2. The number of carbonyl (C=O) groups is 1. The van der Waals surface area contributed by atoms with E-state index in [0.717, 1.165) is 6.07 Å². The monoisotopic (exact) mass is 464 g/mol. The van der Waals surface area contributed by atoms with Gasteiger partial charge in [0.05, 0.1) is 9.92 Å². The highest BCUT2D eigenvalue weighted by Gasteiger charge is 2.51. The molecule has 2 aromatic carbocycles. The van der Waals surface area contributed by atoms with Crippen LogP contribution in [0.15, 0.2) is 47.4 Å². The van der Waals surface area contributed by atoms with Crippen LogP contribution in [0.1, 0.15) is 12.8 Å². The molecule has 7 nitrogen and oxygen atoms in total. The molecule has 2 aromatic rings. The van der Waals surface area contributed by atoms with Gasteiger partial charge in [0.1, 0.15) is 17.3 Å². The molecule has 1 aliphatic heterocycles. The van der Waals surface area contributed by atoms with Crippen molar-refractivity contribution in [2.24, 2.45) is 0 Å². The first-order valence-corrected chi connectivity index (χ1v) is 10.3. The molecule has 158 valence electrons. The van der Waals surface area contributed by atoms with Gasteiger partial charge in [-0.15, -0.1) is 12.4 Å². The smallest absolute Gasteiger partial charge is 0.265 e. The van der Waals surface area contributed by atoms with Gasteiger partial charge in [-0.25, -0.2) is 18.3 Å². The molecule has 11 heteroatoms. The fourth-order valence-corrected chi connectivity index (χ4v) is 5.29. The lowest BCUT2D eigenvalue weighted by molar-refractivity contribution is -0.132. The number of carbonyl (C=O) groups excluding carboxylic acids is 1. The second kappa shape index (κ2) is 9.27. The van der Waals surface area contributed by atoms with Crippen LogP contribution in [-0.4, -0.2) is 37.4 Å². The summed E-state index contributed by atoms with van der Waals surface area (Å²) in [5.74, 6) is -0.927. The Kier molecular flexibility index (Phi) is 7.47. The number of rotatable bonds is 5. The molecule has 0 aromatic heterocycles. The fourth-order valence-electron chi connectivity index (χ4n) is 3.14. The van der Waals surface area contributed by atoms with Crippen LogP contribution in [0.2, 0.25) is 5.02 Å². The van der Waals surface area contributed by atoms with E-state index < -0.39 is 26.3 Å². The molecule has 1 amide bonds. The van der Waals surface area contributed by atoms with Gasteiger partial charge in [-0.1, -0.05) is 11.6 Å². The first kappa shape index (κ1) is 23.4. The second-order valence-electron chi connectivity index (χ2n) is 6.34. The highest BCUT2D eigenvalue weighted by Crippen LogP contribution is 2.35. The summed E-state index contributed by atoms with van der Waals surface area (Å²) in [7, 11) is -4.08. The van der Waals surface area contributed by atoms with Gasteiger partial charge < -0.3 is 10.1 Å². The van der Waals surface area contributed by atoms with Gasteiger partial charge in [-0.05, 0) is 62.3 Å². The quantitative estimate of drug-likeness (QED) is 0.463. The number of ether oxygens (including phenoxy) is 1. The molecule has 0 atom stereocenters. The lowest BCUT2D eigenvalue weighted by atomic mass is 9.96. The summed E-state index contributed by atoms with van der Waals surface area (Å²) in [6.45, 7) is 0.665. The van der Waals surface area contributed by atoms with E-state index in [9.17, 15) is 17.6 Å². The number of halogens is 3. The van der Waals surface area contributed by atoms with Crippen LogP contribution in [0.4, 0.5) is 4.39 Å². The average Bonchev–Trinajstić information content (AvgIpc) is 2.71. The van der Waals surface area contributed by atoms with E-state index in [0.29, 0.717) is 18.8 Å². The van der Waals surface area contributed by atoms with Crippen molar-refractivity contribution in [3.63, 3.8) is 0 Å². The lowest BCUT2D eigenvalue weighted by Gasteiger charge is -2.34. The SMILES string of the molecule is Cl.O=C(NO)C1(S(=O)(=O)c2ccc(Oc3ccc(F)c(Cl)c3)cc2)CCNCC1. The Morgan fingerprint density at radius 1 is 1.14 bits per heavy atom. The van der Waals surface area contributed by atoms with Crippen molar-refractivity contribution in [2.45, 2.75) is 22.5 Å². The van der Waals surface area contributed by atoms with Gasteiger partial charge in [-0.3, -0.25) is 10.0 Å². The standard InChI is InChI=1S/C18H18ClFN2O5S.ClH/c19-15-11-13(3-6-16(15)20)27-12-1-4-14(5-2-12)28(25,26)18(17(23)22-24)7-9-21-10-8-18;/h1-6,11,21,24H,7-10H2,(H,22,23);1H. The Morgan fingerprint density at radius 3 is 2.28 bits per heavy atom. The lowest BCUT2D eigenvalue weighted by Crippen LogP contribution is -2.57. The third-order valence-electron chi connectivity index (χ3n) is 4.70. The fraction of sp³-hybridized carbons (Fsp3) is 0.278. The molecule has 3 N–H and O–H groups in total. The number of hydrogen-bond acceptors (Lipinski definition) is 6. The molecule has 29 heavy (non-hydrogen) atoms. The molecule has 0 saturated carbocycles. The zero-order valence-electron chi connectivity index (χ0n) is 15.0. The number of benzene rings is 2. The Hall–Kier alpha value is -1.91. The van der Waals surface area contributed by atoms with E-state index in [-0.39, 0.29) is 40.9 Å². The zero-order valence-corrected chi connectivity index (χ0v) is 17.4. The number of sulfone groups is 1. The molecule has 1 heterocycles. The van der Waals surface area contributed by atoms with E-state index in [1.165, 1.54) is 41.9 Å². The van der Waals surface area contributed by atoms with Crippen LogP contribution in [0, 0.1) is 5.82 Å². The third-order valence-corrected chi connectivity index (χ3v) is 7.51. The molecule has 1 fully saturated rings.